The van der Waals surface area contributed by atoms with Gasteiger partial charge in [-0.15, -0.1) is 11.3 Å². The van der Waals surface area contributed by atoms with E-state index in [4.69, 9.17) is 5.73 Å². The molecule has 1 aromatic rings. The number of hydrogen-bond acceptors (Lipinski definition) is 4. The Kier molecular flexibility index (Phi) is 4.75. The molecule has 3 N–H and O–H groups in total. The first-order valence-corrected chi connectivity index (χ1v) is 7.04. The molecule has 1 aliphatic rings. The van der Waals surface area contributed by atoms with Crippen LogP contribution in [0.1, 0.15) is 29.1 Å². The Bertz CT molecular complexity index is 305. The monoisotopic (exact) mass is 239 g/mol. The smallest absolute Gasteiger partial charge is 0.0930 e. The van der Waals surface area contributed by atoms with E-state index in [0.717, 1.165) is 25.3 Å². The van der Waals surface area contributed by atoms with Crippen molar-refractivity contribution in [3.63, 3.8) is 0 Å². The summed E-state index contributed by atoms with van der Waals surface area (Å²) in [5.41, 5.74) is 5.51. The zero-order valence-corrected chi connectivity index (χ0v) is 10.6. The molecule has 0 atom stereocenters. The molecule has 90 valence electrons. The van der Waals surface area contributed by atoms with E-state index in [1.54, 1.807) is 0 Å². The Hall–Kier alpha value is -0.450. The van der Waals surface area contributed by atoms with Crippen molar-refractivity contribution in [2.24, 2.45) is 11.7 Å². The summed E-state index contributed by atoms with van der Waals surface area (Å²) in [5, 5.41) is 4.72. The lowest BCUT2D eigenvalue weighted by molar-refractivity contribution is 0.372. The number of aromatic nitrogens is 1. The van der Waals surface area contributed by atoms with Crippen molar-refractivity contribution in [1.29, 1.82) is 0 Å². The van der Waals surface area contributed by atoms with Gasteiger partial charge in [0.05, 0.1) is 5.01 Å². The molecule has 1 aliphatic heterocycles. The highest BCUT2D eigenvalue weighted by atomic mass is 32.1. The average molecular weight is 239 g/mol. The molecule has 0 unspecified atom stereocenters. The van der Waals surface area contributed by atoms with Gasteiger partial charge in [0.25, 0.3) is 0 Å². The number of nitrogens with one attached hydrogen (secondary N) is 1. The van der Waals surface area contributed by atoms with Crippen molar-refractivity contribution in [3.8, 4) is 0 Å². The maximum Gasteiger partial charge on any atom is 0.0930 e. The van der Waals surface area contributed by atoms with Crippen LogP contribution in [0, 0.1) is 5.92 Å². The van der Waals surface area contributed by atoms with Gasteiger partial charge in [-0.05, 0) is 51.2 Å². The molecular formula is C12H21N3S. The van der Waals surface area contributed by atoms with Gasteiger partial charge in [0, 0.05) is 17.5 Å². The molecule has 0 aliphatic carbocycles. The first-order chi connectivity index (χ1) is 7.88. The fraction of sp³-hybridized carbons (Fsp3) is 0.750. The number of aryl methyl sites for hydroxylation is 1. The quantitative estimate of drug-likeness (QED) is 0.820. The van der Waals surface area contributed by atoms with E-state index in [1.807, 2.05) is 17.5 Å². The zero-order valence-electron chi connectivity index (χ0n) is 9.74. The number of thiazole rings is 1. The van der Waals surface area contributed by atoms with Gasteiger partial charge in [-0.3, -0.25) is 0 Å². The molecule has 3 nitrogen and oxygen atoms in total. The summed E-state index contributed by atoms with van der Waals surface area (Å²) in [4.78, 5) is 5.92. The second-order valence-electron chi connectivity index (χ2n) is 4.51. The first kappa shape index (κ1) is 12.0. The summed E-state index contributed by atoms with van der Waals surface area (Å²) in [6.45, 7) is 3.13. The Balaban J connectivity index is 1.81. The van der Waals surface area contributed by atoms with Gasteiger partial charge < -0.3 is 11.1 Å². The third kappa shape index (κ3) is 3.54. The number of nitrogens with two attached hydrogens (primary N) is 1. The molecule has 0 spiro atoms. The van der Waals surface area contributed by atoms with Crippen molar-refractivity contribution in [2.75, 3.05) is 19.6 Å². The SMILES string of the molecule is NCCCc1cnc(CC2CCNCC2)s1. The molecule has 0 radical (unpaired) electrons. The molecule has 4 heteroatoms. The number of piperidine rings is 1. The summed E-state index contributed by atoms with van der Waals surface area (Å²) in [5.74, 6) is 0.842. The van der Waals surface area contributed by atoms with Crippen LogP contribution in [0.3, 0.4) is 0 Å². The summed E-state index contributed by atoms with van der Waals surface area (Å²) >= 11 is 1.88. The second kappa shape index (κ2) is 6.33. The van der Waals surface area contributed by atoms with Gasteiger partial charge in [0.1, 0.15) is 0 Å². The average Bonchev–Trinajstić information content (AvgIpc) is 2.75. The Morgan fingerprint density at radius 1 is 1.44 bits per heavy atom. The molecule has 0 bridgehead atoms. The van der Waals surface area contributed by atoms with Gasteiger partial charge in [-0.1, -0.05) is 0 Å². The molecule has 1 aromatic heterocycles. The summed E-state index contributed by atoms with van der Waals surface area (Å²) in [7, 11) is 0. The molecule has 0 aromatic carbocycles. The normalized spacial score (nSPS) is 17.8. The number of rotatable bonds is 5. The third-order valence-electron chi connectivity index (χ3n) is 3.15. The summed E-state index contributed by atoms with van der Waals surface area (Å²) < 4.78 is 0. The minimum Gasteiger partial charge on any atom is -0.330 e. The van der Waals surface area contributed by atoms with Crippen molar-refractivity contribution >= 4 is 11.3 Å². The van der Waals surface area contributed by atoms with E-state index >= 15 is 0 Å². The fourth-order valence-corrected chi connectivity index (χ4v) is 3.25. The van der Waals surface area contributed by atoms with Crippen molar-refractivity contribution in [1.82, 2.24) is 10.3 Å². The number of nitrogens with zero attached hydrogens (tertiary/aromatic N) is 1. The highest BCUT2D eigenvalue weighted by Crippen LogP contribution is 2.22. The van der Waals surface area contributed by atoms with E-state index in [9.17, 15) is 0 Å². The first-order valence-electron chi connectivity index (χ1n) is 6.23. The van der Waals surface area contributed by atoms with Crippen LogP contribution in [0.4, 0.5) is 0 Å². The van der Waals surface area contributed by atoms with Crippen LogP contribution in [0.2, 0.25) is 0 Å². The molecule has 0 saturated carbocycles. The van der Waals surface area contributed by atoms with Crippen molar-refractivity contribution in [2.45, 2.75) is 32.1 Å². The lowest BCUT2D eigenvalue weighted by Crippen LogP contribution is -2.28. The van der Waals surface area contributed by atoms with Crippen LogP contribution < -0.4 is 11.1 Å². The van der Waals surface area contributed by atoms with Crippen LogP contribution in [0.5, 0.6) is 0 Å². The van der Waals surface area contributed by atoms with Gasteiger partial charge in [0.2, 0.25) is 0 Å². The molecular weight excluding hydrogens is 218 g/mol. The summed E-state index contributed by atoms with van der Waals surface area (Å²) in [6.07, 6.45) is 8.00. The Morgan fingerprint density at radius 2 is 2.25 bits per heavy atom. The topological polar surface area (TPSA) is 50.9 Å². The van der Waals surface area contributed by atoms with Gasteiger partial charge in [0.15, 0.2) is 0 Å². The molecule has 16 heavy (non-hydrogen) atoms. The predicted octanol–water partition coefficient (Wildman–Crippen LogP) is 1.58. The standard InChI is InChI=1S/C12H21N3S/c13-5-1-2-11-9-15-12(16-11)8-10-3-6-14-7-4-10/h9-10,14H,1-8,13H2. The minimum absolute atomic E-state index is 0.779. The third-order valence-corrected chi connectivity index (χ3v) is 4.23. The Labute approximate surface area is 101 Å². The lowest BCUT2D eigenvalue weighted by atomic mass is 9.95. The fourth-order valence-electron chi connectivity index (χ4n) is 2.17. The minimum atomic E-state index is 0.779. The van der Waals surface area contributed by atoms with Crippen LogP contribution in [0.25, 0.3) is 0 Å². The van der Waals surface area contributed by atoms with E-state index in [2.05, 4.69) is 10.3 Å². The van der Waals surface area contributed by atoms with E-state index in [-0.39, 0.29) is 0 Å². The molecule has 0 amide bonds. The van der Waals surface area contributed by atoms with E-state index < -0.39 is 0 Å². The molecule has 1 saturated heterocycles. The molecule has 1 fully saturated rings. The largest absolute Gasteiger partial charge is 0.330 e. The lowest BCUT2D eigenvalue weighted by Gasteiger charge is -2.21. The molecule has 2 heterocycles. The Morgan fingerprint density at radius 3 is 3.00 bits per heavy atom. The van der Waals surface area contributed by atoms with Crippen molar-refractivity contribution < 1.29 is 0 Å². The predicted molar refractivity (Wildman–Crippen MR) is 68.8 cm³/mol. The van der Waals surface area contributed by atoms with Gasteiger partial charge in [-0.25, -0.2) is 4.98 Å². The summed E-state index contributed by atoms with van der Waals surface area (Å²) in [6, 6.07) is 0. The highest BCUT2D eigenvalue weighted by Gasteiger charge is 2.15. The van der Waals surface area contributed by atoms with E-state index in [0.29, 0.717) is 0 Å². The van der Waals surface area contributed by atoms with Crippen LogP contribution in [-0.4, -0.2) is 24.6 Å². The van der Waals surface area contributed by atoms with E-state index in [1.165, 1.54) is 42.2 Å². The zero-order chi connectivity index (χ0) is 11.2. The van der Waals surface area contributed by atoms with Crippen LogP contribution in [-0.2, 0) is 12.8 Å². The maximum atomic E-state index is 5.51. The number of hydrogen-bond donors (Lipinski definition) is 2. The van der Waals surface area contributed by atoms with Gasteiger partial charge in [-0.2, -0.15) is 0 Å². The molecule has 2 rings (SSSR count). The second-order valence-corrected chi connectivity index (χ2v) is 5.71. The van der Waals surface area contributed by atoms with Crippen LogP contribution in [0.15, 0.2) is 6.20 Å². The van der Waals surface area contributed by atoms with Crippen molar-refractivity contribution in [3.05, 3.63) is 16.1 Å². The maximum absolute atomic E-state index is 5.51. The van der Waals surface area contributed by atoms with Crippen LogP contribution >= 0.6 is 11.3 Å². The van der Waals surface area contributed by atoms with Gasteiger partial charge >= 0.3 is 0 Å². The highest BCUT2D eigenvalue weighted by molar-refractivity contribution is 7.11.